The van der Waals surface area contributed by atoms with Crippen LogP contribution in [0.5, 0.6) is 0 Å². The highest BCUT2D eigenvalue weighted by Gasteiger charge is 2.40. The Morgan fingerprint density at radius 3 is 2.45 bits per heavy atom. The molecule has 0 N–H and O–H groups in total. The van der Waals surface area contributed by atoms with Gasteiger partial charge in [-0.15, -0.1) is 0 Å². The molecule has 1 rings (SSSR count). The average Bonchev–Trinajstić information content (AvgIpc) is 2.26. The van der Waals surface area contributed by atoms with Crippen LogP contribution >= 0.6 is 0 Å². The van der Waals surface area contributed by atoms with E-state index in [-0.39, 0.29) is 6.61 Å². The predicted molar refractivity (Wildman–Crippen MR) is 54.5 cm³/mol. The zero-order chi connectivity index (χ0) is 15.5. The summed E-state index contributed by atoms with van der Waals surface area (Å²) >= 11 is 0. The summed E-state index contributed by atoms with van der Waals surface area (Å²) in [5.74, 6) is -3.21. The third kappa shape index (κ3) is 3.61. The molecule has 0 fully saturated rings. The van der Waals surface area contributed by atoms with Crippen LogP contribution in [-0.4, -0.2) is 17.6 Å². The van der Waals surface area contributed by atoms with Crippen LogP contribution in [-0.2, 0) is 22.1 Å². The lowest BCUT2D eigenvalue weighted by molar-refractivity contribution is -0.144. The van der Waals surface area contributed by atoms with E-state index in [4.69, 9.17) is 0 Å². The maximum Gasteiger partial charge on any atom is 0.419 e. The summed E-state index contributed by atoms with van der Waals surface area (Å²) in [5.41, 5.74) is -4.38. The van der Waals surface area contributed by atoms with Gasteiger partial charge in [-0.2, -0.15) is 13.2 Å². The molecule has 0 saturated carbocycles. The van der Waals surface area contributed by atoms with E-state index in [0.29, 0.717) is 6.20 Å². The number of rotatable bonds is 4. The number of pyridine rings is 1. The standard InChI is InChI=1S/C11H9F6NO2/c1-2-20-6(19)3-5-4-18-9(10(13)14)8(12)7(5)11(15,16)17/h4,10H,2-3H2,1H3. The second-order valence-corrected chi connectivity index (χ2v) is 3.64. The molecule has 0 aliphatic rings. The highest BCUT2D eigenvalue weighted by atomic mass is 19.4. The predicted octanol–water partition coefficient (Wildman–Crippen LogP) is 3.28. The molecule has 0 aliphatic carbocycles. The number of esters is 1. The maximum atomic E-state index is 13.5. The topological polar surface area (TPSA) is 39.2 Å². The van der Waals surface area contributed by atoms with Crippen LogP contribution in [0.4, 0.5) is 26.3 Å². The third-order valence-electron chi connectivity index (χ3n) is 2.26. The smallest absolute Gasteiger partial charge is 0.419 e. The van der Waals surface area contributed by atoms with Gasteiger partial charge in [-0.3, -0.25) is 9.78 Å². The van der Waals surface area contributed by atoms with Gasteiger partial charge in [0, 0.05) is 6.20 Å². The summed E-state index contributed by atoms with van der Waals surface area (Å²) < 4.78 is 80.8. The summed E-state index contributed by atoms with van der Waals surface area (Å²) in [6.45, 7) is 1.35. The van der Waals surface area contributed by atoms with Crippen molar-refractivity contribution in [3.8, 4) is 0 Å². The van der Waals surface area contributed by atoms with Gasteiger partial charge in [-0.25, -0.2) is 13.2 Å². The minimum atomic E-state index is -5.22. The zero-order valence-corrected chi connectivity index (χ0v) is 10.1. The van der Waals surface area contributed by atoms with Crippen LogP contribution in [0.1, 0.15) is 30.2 Å². The molecule has 1 heterocycles. The van der Waals surface area contributed by atoms with Crippen molar-refractivity contribution in [1.29, 1.82) is 0 Å². The molecule has 0 amide bonds. The summed E-state index contributed by atoms with van der Waals surface area (Å²) in [6, 6.07) is 0. The maximum absolute atomic E-state index is 13.5. The highest BCUT2D eigenvalue weighted by molar-refractivity contribution is 5.73. The Labute approximate surface area is 109 Å². The lowest BCUT2D eigenvalue weighted by atomic mass is 10.0. The SMILES string of the molecule is CCOC(=O)Cc1cnc(C(F)F)c(F)c1C(F)(F)F. The molecule has 9 heteroatoms. The van der Waals surface area contributed by atoms with Gasteiger partial charge in [0.05, 0.1) is 18.6 Å². The van der Waals surface area contributed by atoms with E-state index in [0.717, 1.165) is 0 Å². The normalized spacial score (nSPS) is 11.8. The highest BCUT2D eigenvalue weighted by Crippen LogP contribution is 2.36. The van der Waals surface area contributed by atoms with Crippen molar-refractivity contribution in [2.75, 3.05) is 6.61 Å². The number of aromatic nitrogens is 1. The van der Waals surface area contributed by atoms with E-state index in [9.17, 15) is 31.1 Å². The molecule has 0 radical (unpaired) electrons. The Kier molecular flexibility index (Phi) is 4.96. The fraction of sp³-hybridized carbons (Fsp3) is 0.455. The second kappa shape index (κ2) is 6.10. The number of ether oxygens (including phenoxy) is 1. The van der Waals surface area contributed by atoms with Crippen molar-refractivity contribution in [3.05, 3.63) is 28.8 Å². The van der Waals surface area contributed by atoms with Crippen LogP contribution in [0.25, 0.3) is 0 Å². The fourth-order valence-electron chi connectivity index (χ4n) is 1.50. The van der Waals surface area contributed by atoms with Gasteiger partial charge in [0.2, 0.25) is 0 Å². The van der Waals surface area contributed by atoms with Crippen LogP contribution < -0.4 is 0 Å². The first-order valence-corrected chi connectivity index (χ1v) is 5.36. The second-order valence-electron chi connectivity index (χ2n) is 3.64. The Morgan fingerprint density at radius 1 is 1.40 bits per heavy atom. The van der Waals surface area contributed by atoms with E-state index < -0.39 is 47.6 Å². The summed E-state index contributed by atoms with van der Waals surface area (Å²) in [4.78, 5) is 14.1. The number of hydrogen-bond acceptors (Lipinski definition) is 3. The van der Waals surface area contributed by atoms with E-state index in [2.05, 4.69) is 9.72 Å². The molecule has 20 heavy (non-hydrogen) atoms. The molecule has 0 atom stereocenters. The molecule has 1 aromatic heterocycles. The first-order valence-electron chi connectivity index (χ1n) is 5.36. The van der Waals surface area contributed by atoms with Gasteiger partial charge >= 0.3 is 12.1 Å². The quantitative estimate of drug-likeness (QED) is 0.633. The lowest BCUT2D eigenvalue weighted by Gasteiger charge is -2.15. The molecule has 112 valence electrons. The lowest BCUT2D eigenvalue weighted by Crippen LogP contribution is -2.18. The third-order valence-corrected chi connectivity index (χ3v) is 2.26. The van der Waals surface area contributed by atoms with Gasteiger partial charge < -0.3 is 4.74 Å². The first kappa shape index (κ1) is 16.3. The molecular formula is C11H9F6NO2. The Balaban J connectivity index is 3.31. The molecule has 3 nitrogen and oxygen atoms in total. The molecule has 0 aliphatic heterocycles. The minimum Gasteiger partial charge on any atom is -0.466 e. The molecule has 0 spiro atoms. The van der Waals surface area contributed by atoms with Crippen molar-refractivity contribution in [1.82, 2.24) is 4.98 Å². The number of carbonyl (C=O) groups excluding carboxylic acids is 1. The number of hydrogen-bond donors (Lipinski definition) is 0. The monoisotopic (exact) mass is 301 g/mol. The van der Waals surface area contributed by atoms with Crippen molar-refractivity contribution in [2.45, 2.75) is 25.9 Å². The van der Waals surface area contributed by atoms with Crippen molar-refractivity contribution in [3.63, 3.8) is 0 Å². The van der Waals surface area contributed by atoms with Crippen LogP contribution in [0.2, 0.25) is 0 Å². The van der Waals surface area contributed by atoms with Crippen LogP contribution in [0.15, 0.2) is 6.20 Å². The number of alkyl halides is 5. The molecule has 0 bridgehead atoms. The van der Waals surface area contributed by atoms with E-state index in [1.807, 2.05) is 0 Å². The van der Waals surface area contributed by atoms with Gasteiger partial charge in [-0.05, 0) is 12.5 Å². The van der Waals surface area contributed by atoms with Crippen LogP contribution in [0, 0.1) is 5.82 Å². The molecule has 0 saturated heterocycles. The largest absolute Gasteiger partial charge is 0.466 e. The summed E-state index contributed by atoms with van der Waals surface area (Å²) in [6.07, 6.45) is -9.22. The van der Waals surface area contributed by atoms with Crippen molar-refractivity contribution < 1.29 is 35.9 Å². The van der Waals surface area contributed by atoms with E-state index in [1.54, 1.807) is 0 Å². The molecule has 1 aromatic rings. The molecular weight excluding hydrogens is 292 g/mol. The van der Waals surface area contributed by atoms with Gasteiger partial charge in [0.1, 0.15) is 5.69 Å². The van der Waals surface area contributed by atoms with Gasteiger partial charge in [0.15, 0.2) is 5.82 Å². The average molecular weight is 301 g/mol. The van der Waals surface area contributed by atoms with E-state index >= 15 is 0 Å². The minimum absolute atomic E-state index is 0.0782. The number of halogens is 6. The summed E-state index contributed by atoms with van der Waals surface area (Å²) in [5, 5.41) is 0. The van der Waals surface area contributed by atoms with Crippen molar-refractivity contribution in [2.24, 2.45) is 0 Å². The molecule has 0 aromatic carbocycles. The summed E-state index contributed by atoms with van der Waals surface area (Å²) in [7, 11) is 0. The van der Waals surface area contributed by atoms with Gasteiger partial charge in [0.25, 0.3) is 6.43 Å². The zero-order valence-electron chi connectivity index (χ0n) is 10.1. The Hall–Kier alpha value is -1.80. The fourth-order valence-corrected chi connectivity index (χ4v) is 1.50. The number of nitrogens with zero attached hydrogens (tertiary/aromatic N) is 1. The van der Waals surface area contributed by atoms with E-state index in [1.165, 1.54) is 6.92 Å². The number of carbonyl (C=O) groups is 1. The first-order chi connectivity index (χ1) is 9.18. The van der Waals surface area contributed by atoms with Crippen LogP contribution in [0.3, 0.4) is 0 Å². The van der Waals surface area contributed by atoms with Crippen molar-refractivity contribution >= 4 is 5.97 Å². The Morgan fingerprint density at radius 2 is 2.00 bits per heavy atom. The molecule has 0 unspecified atom stereocenters. The van der Waals surface area contributed by atoms with Gasteiger partial charge in [-0.1, -0.05) is 0 Å². The Bertz CT molecular complexity index is 500.